The van der Waals surface area contributed by atoms with E-state index in [-0.39, 0.29) is 18.6 Å². The zero-order valence-electron chi connectivity index (χ0n) is 13.5. The van der Waals surface area contributed by atoms with Crippen LogP contribution in [0.4, 0.5) is 4.79 Å². The van der Waals surface area contributed by atoms with E-state index >= 15 is 0 Å². The number of rotatable bonds is 5. The van der Waals surface area contributed by atoms with Crippen LogP contribution in [0.2, 0.25) is 0 Å². The molecule has 2 amide bonds. The highest BCUT2D eigenvalue weighted by Gasteiger charge is 2.25. The first-order valence-corrected chi connectivity index (χ1v) is 7.28. The lowest BCUT2D eigenvalue weighted by molar-refractivity contribution is -0.124. The molecule has 7 heteroatoms. The predicted molar refractivity (Wildman–Crippen MR) is 79.1 cm³/mol. The van der Waals surface area contributed by atoms with E-state index in [1.165, 1.54) is 7.11 Å². The van der Waals surface area contributed by atoms with Gasteiger partial charge in [-0.3, -0.25) is 9.69 Å². The summed E-state index contributed by atoms with van der Waals surface area (Å²) in [6.45, 7) is 9.94. The van der Waals surface area contributed by atoms with Gasteiger partial charge in [-0.1, -0.05) is 0 Å². The third kappa shape index (κ3) is 7.29. The van der Waals surface area contributed by atoms with Crippen LogP contribution in [0, 0.1) is 0 Å². The standard InChI is InChI=1S/C14H27N3O4/c1-14(2,3)21-13(19)17-9-7-16(8-10-17)6-5-15-12(18)11-20-4/h5-11H2,1-4H3,(H,15,18). The molecule has 122 valence electrons. The van der Waals surface area contributed by atoms with Gasteiger partial charge in [-0.15, -0.1) is 0 Å². The summed E-state index contributed by atoms with van der Waals surface area (Å²) in [5.74, 6) is -0.107. The van der Waals surface area contributed by atoms with Crippen molar-refractivity contribution in [3.63, 3.8) is 0 Å². The number of nitrogens with zero attached hydrogens (tertiary/aromatic N) is 2. The van der Waals surface area contributed by atoms with E-state index in [9.17, 15) is 9.59 Å². The smallest absolute Gasteiger partial charge is 0.410 e. The molecule has 0 spiro atoms. The summed E-state index contributed by atoms with van der Waals surface area (Å²) in [4.78, 5) is 27.1. The van der Waals surface area contributed by atoms with Gasteiger partial charge in [0.05, 0.1) is 0 Å². The minimum absolute atomic E-state index is 0.0897. The summed E-state index contributed by atoms with van der Waals surface area (Å²) in [5.41, 5.74) is -0.458. The number of piperazine rings is 1. The Bertz CT molecular complexity index is 347. The number of methoxy groups -OCH3 is 1. The van der Waals surface area contributed by atoms with Crippen molar-refractivity contribution in [2.45, 2.75) is 26.4 Å². The van der Waals surface area contributed by atoms with Crippen molar-refractivity contribution in [2.75, 3.05) is 53.0 Å². The Morgan fingerprint density at radius 1 is 1.14 bits per heavy atom. The van der Waals surface area contributed by atoms with Crippen LogP contribution in [-0.4, -0.2) is 80.4 Å². The number of amides is 2. The van der Waals surface area contributed by atoms with Crippen molar-refractivity contribution in [3.05, 3.63) is 0 Å². The van der Waals surface area contributed by atoms with Crippen LogP contribution in [-0.2, 0) is 14.3 Å². The van der Waals surface area contributed by atoms with Crippen LogP contribution in [0.5, 0.6) is 0 Å². The molecule has 21 heavy (non-hydrogen) atoms. The minimum atomic E-state index is -0.458. The zero-order chi connectivity index (χ0) is 15.9. The Morgan fingerprint density at radius 3 is 2.29 bits per heavy atom. The largest absolute Gasteiger partial charge is 0.444 e. The van der Waals surface area contributed by atoms with Gasteiger partial charge in [-0.25, -0.2) is 4.79 Å². The quantitative estimate of drug-likeness (QED) is 0.791. The Morgan fingerprint density at radius 2 is 1.76 bits per heavy atom. The predicted octanol–water partition coefficient (Wildman–Crippen LogP) is 0.302. The molecule has 1 heterocycles. The first-order chi connectivity index (χ1) is 9.81. The minimum Gasteiger partial charge on any atom is -0.444 e. The maximum atomic E-state index is 11.9. The molecule has 0 atom stereocenters. The molecule has 0 aromatic heterocycles. The monoisotopic (exact) mass is 301 g/mol. The lowest BCUT2D eigenvalue weighted by Gasteiger charge is -2.35. The lowest BCUT2D eigenvalue weighted by Crippen LogP contribution is -2.51. The van der Waals surface area contributed by atoms with Crippen LogP contribution in [0.15, 0.2) is 0 Å². The van der Waals surface area contributed by atoms with E-state index in [4.69, 9.17) is 9.47 Å². The van der Waals surface area contributed by atoms with Gasteiger partial charge in [0.1, 0.15) is 12.2 Å². The van der Waals surface area contributed by atoms with Crippen molar-refractivity contribution in [1.82, 2.24) is 15.1 Å². The molecule has 1 rings (SSSR count). The molecule has 0 aromatic rings. The van der Waals surface area contributed by atoms with E-state index < -0.39 is 5.60 Å². The average molecular weight is 301 g/mol. The number of hydrogen-bond donors (Lipinski definition) is 1. The number of nitrogens with one attached hydrogen (secondary N) is 1. The molecule has 1 aliphatic heterocycles. The first-order valence-electron chi connectivity index (χ1n) is 7.28. The Balaban J connectivity index is 2.20. The summed E-state index contributed by atoms with van der Waals surface area (Å²) >= 11 is 0. The topological polar surface area (TPSA) is 71.1 Å². The molecule has 1 aliphatic rings. The zero-order valence-corrected chi connectivity index (χ0v) is 13.5. The summed E-state index contributed by atoms with van der Waals surface area (Å²) in [5, 5.41) is 2.79. The van der Waals surface area contributed by atoms with Gasteiger partial charge in [0.25, 0.3) is 0 Å². The Labute approximate surface area is 126 Å². The number of ether oxygens (including phenoxy) is 2. The molecule has 1 saturated heterocycles. The third-order valence-corrected chi connectivity index (χ3v) is 3.05. The van der Waals surface area contributed by atoms with Crippen molar-refractivity contribution < 1.29 is 19.1 Å². The van der Waals surface area contributed by atoms with E-state index in [0.29, 0.717) is 19.6 Å². The van der Waals surface area contributed by atoms with Crippen molar-refractivity contribution in [1.29, 1.82) is 0 Å². The average Bonchev–Trinajstić information content (AvgIpc) is 2.38. The molecule has 1 fully saturated rings. The molecule has 0 aromatic carbocycles. The van der Waals surface area contributed by atoms with Crippen LogP contribution in [0.1, 0.15) is 20.8 Å². The summed E-state index contributed by atoms with van der Waals surface area (Å²) in [6.07, 6.45) is -0.254. The summed E-state index contributed by atoms with van der Waals surface area (Å²) < 4.78 is 10.1. The van der Waals surface area contributed by atoms with E-state index in [2.05, 4.69) is 10.2 Å². The van der Waals surface area contributed by atoms with E-state index in [1.54, 1.807) is 4.90 Å². The number of carbonyl (C=O) groups excluding carboxylic acids is 2. The fourth-order valence-electron chi connectivity index (χ4n) is 2.02. The highest BCUT2D eigenvalue weighted by Crippen LogP contribution is 2.11. The summed E-state index contributed by atoms with van der Waals surface area (Å²) in [6, 6.07) is 0. The van der Waals surface area contributed by atoms with Crippen LogP contribution in [0.3, 0.4) is 0 Å². The third-order valence-electron chi connectivity index (χ3n) is 3.05. The molecule has 1 N–H and O–H groups in total. The van der Waals surface area contributed by atoms with Gasteiger partial charge in [0.2, 0.25) is 5.91 Å². The normalized spacial score (nSPS) is 16.7. The molecule has 0 bridgehead atoms. The van der Waals surface area contributed by atoms with Gasteiger partial charge in [0.15, 0.2) is 0 Å². The molecule has 7 nitrogen and oxygen atoms in total. The number of hydrogen-bond acceptors (Lipinski definition) is 5. The van der Waals surface area contributed by atoms with Crippen LogP contribution >= 0.6 is 0 Å². The SMILES string of the molecule is COCC(=O)NCCN1CCN(C(=O)OC(C)(C)C)CC1. The Kier molecular flexibility index (Phi) is 6.91. The molecule has 0 radical (unpaired) electrons. The molecule has 0 aliphatic carbocycles. The highest BCUT2D eigenvalue weighted by atomic mass is 16.6. The highest BCUT2D eigenvalue weighted by molar-refractivity contribution is 5.77. The fraction of sp³-hybridized carbons (Fsp3) is 0.857. The first kappa shape index (κ1) is 17.7. The van der Waals surface area contributed by atoms with Crippen LogP contribution < -0.4 is 5.32 Å². The molecular weight excluding hydrogens is 274 g/mol. The molecule has 0 saturated carbocycles. The second kappa shape index (κ2) is 8.19. The Hall–Kier alpha value is -1.34. The van der Waals surface area contributed by atoms with Gasteiger partial charge >= 0.3 is 6.09 Å². The van der Waals surface area contributed by atoms with Crippen molar-refractivity contribution >= 4 is 12.0 Å². The van der Waals surface area contributed by atoms with Crippen LogP contribution in [0.25, 0.3) is 0 Å². The van der Waals surface area contributed by atoms with Crippen molar-refractivity contribution in [3.8, 4) is 0 Å². The maximum absolute atomic E-state index is 11.9. The molecular formula is C14H27N3O4. The lowest BCUT2D eigenvalue weighted by atomic mass is 10.2. The number of carbonyl (C=O) groups is 2. The van der Waals surface area contributed by atoms with Gasteiger partial charge in [-0.05, 0) is 20.8 Å². The van der Waals surface area contributed by atoms with Gasteiger partial charge in [0, 0.05) is 46.4 Å². The fourth-order valence-corrected chi connectivity index (χ4v) is 2.02. The van der Waals surface area contributed by atoms with Gasteiger partial charge < -0.3 is 19.7 Å². The van der Waals surface area contributed by atoms with Crippen molar-refractivity contribution in [2.24, 2.45) is 0 Å². The second-order valence-corrected chi connectivity index (χ2v) is 6.09. The van der Waals surface area contributed by atoms with Gasteiger partial charge in [-0.2, -0.15) is 0 Å². The van der Waals surface area contributed by atoms with E-state index in [1.807, 2.05) is 20.8 Å². The maximum Gasteiger partial charge on any atom is 0.410 e. The second-order valence-electron chi connectivity index (χ2n) is 6.09. The summed E-state index contributed by atoms with van der Waals surface area (Å²) in [7, 11) is 1.50. The van der Waals surface area contributed by atoms with E-state index in [0.717, 1.165) is 19.6 Å². The molecule has 0 unspecified atom stereocenters.